The van der Waals surface area contributed by atoms with Crippen LogP contribution in [-0.2, 0) is 4.79 Å². The Morgan fingerprint density at radius 3 is 2.83 bits per heavy atom. The molecule has 0 bridgehead atoms. The lowest BCUT2D eigenvalue weighted by Gasteiger charge is -2.16. The van der Waals surface area contributed by atoms with E-state index in [-0.39, 0.29) is 11.8 Å². The monoisotopic (exact) mass is 414 g/mol. The maximum Gasteiger partial charge on any atom is 0.216 e. The van der Waals surface area contributed by atoms with E-state index < -0.39 is 0 Å². The summed E-state index contributed by atoms with van der Waals surface area (Å²) >= 11 is 10.0. The highest BCUT2D eigenvalue weighted by Gasteiger charge is 2.19. The van der Waals surface area contributed by atoms with Crippen LogP contribution in [0.1, 0.15) is 51.5 Å². The molecule has 24 heavy (non-hydrogen) atoms. The Hall–Kier alpha value is -1.20. The summed E-state index contributed by atoms with van der Waals surface area (Å²) in [5, 5.41) is 4.58. The molecule has 0 radical (unpaired) electrons. The molecule has 1 aromatic carbocycles. The zero-order chi connectivity index (χ0) is 17.7. The molecular formula is C18H24BrClN2O2. The van der Waals surface area contributed by atoms with E-state index >= 15 is 0 Å². The number of carbonyl (C=O) groups excluding carboxylic acids is 1. The predicted molar refractivity (Wildman–Crippen MR) is 103 cm³/mol. The third kappa shape index (κ3) is 4.25. The average molecular weight is 416 g/mol. The first-order valence-corrected chi connectivity index (χ1v) is 9.52. The third-order valence-electron chi connectivity index (χ3n) is 4.14. The van der Waals surface area contributed by atoms with Gasteiger partial charge in [-0.1, -0.05) is 31.9 Å². The zero-order valence-electron chi connectivity index (χ0n) is 14.3. The minimum Gasteiger partial charge on any atom is -0.492 e. The third-order valence-corrected chi connectivity index (χ3v) is 5.54. The quantitative estimate of drug-likeness (QED) is 0.568. The molecule has 0 fully saturated rings. The van der Waals surface area contributed by atoms with Crippen molar-refractivity contribution in [1.82, 2.24) is 10.3 Å². The van der Waals surface area contributed by atoms with Gasteiger partial charge in [-0.2, -0.15) is 0 Å². The Morgan fingerprint density at radius 2 is 2.21 bits per heavy atom. The first kappa shape index (κ1) is 19.1. The first-order valence-electron chi connectivity index (χ1n) is 8.35. The topological polar surface area (TPSA) is 54.1 Å². The molecule has 0 saturated carbocycles. The molecule has 6 heteroatoms. The minimum absolute atomic E-state index is 0.0161. The summed E-state index contributed by atoms with van der Waals surface area (Å²) in [6.45, 7) is 7.06. The molecule has 4 nitrogen and oxygen atoms in total. The van der Waals surface area contributed by atoms with Crippen LogP contribution >= 0.6 is 27.5 Å². The van der Waals surface area contributed by atoms with Crippen LogP contribution in [0.3, 0.4) is 0 Å². The number of unbranched alkanes of at least 4 members (excludes halogenated alkanes) is 1. The number of ether oxygens (including phenoxy) is 1. The molecule has 0 aliphatic carbocycles. The number of hydrogen-bond acceptors (Lipinski definition) is 2. The highest BCUT2D eigenvalue weighted by atomic mass is 79.9. The SMILES string of the molecule is CCCCOc1cc2c(C(CC)CNC(C)=O)c[nH]c2c(Cl)c1Br. The Balaban J connectivity index is 2.39. The van der Waals surface area contributed by atoms with Crippen molar-refractivity contribution < 1.29 is 9.53 Å². The summed E-state index contributed by atoms with van der Waals surface area (Å²) in [4.78, 5) is 14.5. The lowest BCUT2D eigenvalue weighted by Crippen LogP contribution is -2.25. The summed E-state index contributed by atoms with van der Waals surface area (Å²) in [7, 11) is 0. The molecule has 1 amide bonds. The van der Waals surface area contributed by atoms with Crippen LogP contribution in [0.15, 0.2) is 16.7 Å². The first-order chi connectivity index (χ1) is 11.5. The molecule has 2 rings (SSSR count). The lowest BCUT2D eigenvalue weighted by molar-refractivity contribution is -0.119. The van der Waals surface area contributed by atoms with Crippen LogP contribution in [0.2, 0.25) is 5.02 Å². The van der Waals surface area contributed by atoms with Crippen molar-refractivity contribution in [2.45, 2.75) is 46.0 Å². The fourth-order valence-electron chi connectivity index (χ4n) is 2.71. The van der Waals surface area contributed by atoms with Gasteiger partial charge in [0.15, 0.2) is 0 Å². The summed E-state index contributed by atoms with van der Waals surface area (Å²) in [5.41, 5.74) is 2.04. The molecule has 0 spiro atoms. The van der Waals surface area contributed by atoms with Crippen molar-refractivity contribution >= 4 is 44.3 Å². The number of aromatic amines is 1. The molecule has 0 aliphatic rings. The number of rotatable bonds is 8. The maximum absolute atomic E-state index is 11.2. The molecule has 0 saturated heterocycles. The van der Waals surface area contributed by atoms with Gasteiger partial charge in [0.1, 0.15) is 5.75 Å². The van der Waals surface area contributed by atoms with Gasteiger partial charge in [0.05, 0.1) is 21.6 Å². The number of hydrogen-bond donors (Lipinski definition) is 2. The van der Waals surface area contributed by atoms with E-state index in [1.807, 2.05) is 12.3 Å². The van der Waals surface area contributed by atoms with Crippen LogP contribution in [0.25, 0.3) is 10.9 Å². The molecule has 1 unspecified atom stereocenters. The number of carbonyl (C=O) groups is 1. The number of aromatic nitrogens is 1. The molecule has 1 aromatic heterocycles. The normalized spacial score (nSPS) is 12.4. The number of fused-ring (bicyclic) bond motifs is 1. The zero-order valence-corrected chi connectivity index (χ0v) is 16.7. The Kier molecular flexibility index (Phi) is 6.99. The summed E-state index contributed by atoms with van der Waals surface area (Å²) in [6.07, 6.45) is 4.99. The van der Waals surface area contributed by atoms with Gasteiger partial charge in [-0.15, -0.1) is 0 Å². The Labute approximate surface area is 156 Å². The van der Waals surface area contributed by atoms with Gasteiger partial charge in [0, 0.05) is 31.0 Å². The van der Waals surface area contributed by atoms with E-state index in [0.717, 1.165) is 46.0 Å². The molecule has 0 aliphatic heterocycles. The van der Waals surface area contributed by atoms with E-state index in [1.165, 1.54) is 6.92 Å². The van der Waals surface area contributed by atoms with E-state index in [9.17, 15) is 4.79 Å². The van der Waals surface area contributed by atoms with E-state index in [2.05, 4.69) is 40.1 Å². The second-order valence-corrected chi connectivity index (χ2v) is 7.08. The van der Waals surface area contributed by atoms with E-state index in [0.29, 0.717) is 18.2 Å². The van der Waals surface area contributed by atoms with Crippen molar-refractivity contribution in [3.8, 4) is 5.75 Å². The van der Waals surface area contributed by atoms with Gasteiger partial charge in [0.25, 0.3) is 0 Å². The molecule has 1 atom stereocenters. The number of H-pyrrole nitrogens is 1. The van der Waals surface area contributed by atoms with Gasteiger partial charge >= 0.3 is 0 Å². The molecule has 132 valence electrons. The smallest absolute Gasteiger partial charge is 0.216 e. The van der Waals surface area contributed by atoms with Crippen LogP contribution < -0.4 is 10.1 Å². The van der Waals surface area contributed by atoms with Crippen molar-refractivity contribution in [1.29, 1.82) is 0 Å². The summed E-state index contributed by atoms with van der Waals surface area (Å²) in [5.74, 6) is 0.970. The van der Waals surface area contributed by atoms with Gasteiger partial charge in [0.2, 0.25) is 5.91 Å². The van der Waals surface area contributed by atoms with Crippen molar-refractivity contribution in [3.63, 3.8) is 0 Å². The fraction of sp³-hybridized carbons (Fsp3) is 0.500. The standard InChI is InChI=1S/C18H24BrClN2O2/c1-4-6-7-24-15-8-13-14(12(5-2)9-21-11(3)23)10-22-18(13)17(20)16(15)19/h8,10,12,22H,4-7,9H2,1-3H3,(H,21,23). The minimum atomic E-state index is -0.0161. The second-order valence-electron chi connectivity index (χ2n) is 5.91. The molecule has 2 aromatic rings. The number of benzene rings is 1. The fourth-order valence-corrected chi connectivity index (χ4v) is 3.39. The van der Waals surface area contributed by atoms with Gasteiger partial charge < -0.3 is 15.0 Å². The van der Waals surface area contributed by atoms with Crippen LogP contribution in [0.4, 0.5) is 0 Å². The highest BCUT2D eigenvalue weighted by molar-refractivity contribution is 9.10. The number of nitrogens with one attached hydrogen (secondary N) is 2. The van der Waals surface area contributed by atoms with E-state index in [1.54, 1.807) is 0 Å². The van der Waals surface area contributed by atoms with Crippen molar-refractivity contribution in [2.24, 2.45) is 0 Å². The average Bonchev–Trinajstić information content (AvgIpc) is 2.96. The number of amides is 1. The maximum atomic E-state index is 11.2. The van der Waals surface area contributed by atoms with E-state index in [4.69, 9.17) is 16.3 Å². The molecule has 1 heterocycles. The Bertz CT molecular complexity index is 715. The van der Waals surface area contributed by atoms with Crippen LogP contribution in [-0.4, -0.2) is 24.0 Å². The highest BCUT2D eigenvalue weighted by Crippen LogP contribution is 2.41. The van der Waals surface area contributed by atoms with Crippen molar-refractivity contribution in [2.75, 3.05) is 13.2 Å². The lowest BCUT2D eigenvalue weighted by atomic mass is 9.96. The largest absolute Gasteiger partial charge is 0.492 e. The van der Waals surface area contributed by atoms with Gasteiger partial charge in [-0.05, 0) is 40.4 Å². The number of halogens is 2. The van der Waals surface area contributed by atoms with Crippen LogP contribution in [0.5, 0.6) is 5.75 Å². The van der Waals surface area contributed by atoms with Crippen molar-refractivity contribution in [3.05, 3.63) is 27.3 Å². The summed E-state index contributed by atoms with van der Waals surface area (Å²) < 4.78 is 6.66. The van der Waals surface area contributed by atoms with Gasteiger partial charge in [-0.25, -0.2) is 0 Å². The van der Waals surface area contributed by atoms with Gasteiger partial charge in [-0.3, -0.25) is 4.79 Å². The predicted octanol–water partition coefficient (Wildman–Crippen LogP) is 5.39. The Morgan fingerprint density at radius 1 is 1.46 bits per heavy atom. The second kappa shape index (κ2) is 8.77. The molecular weight excluding hydrogens is 392 g/mol. The summed E-state index contributed by atoms with van der Waals surface area (Å²) in [6, 6.07) is 2.03. The van der Waals surface area contributed by atoms with Crippen LogP contribution in [0, 0.1) is 0 Å². The molecule has 2 N–H and O–H groups in total.